The molecular formula is C23H29NO3S. The van der Waals surface area contributed by atoms with Crippen LogP contribution in [0.5, 0.6) is 11.5 Å². The molecule has 3 atom stereocenters. The van der Waals surface area contributed by atoms with Crippen molar-refractivity contribution < 1.29 is 13.7 Å². The molecule has 150 valence electrons. The van der Waals surface area contributed by atoms with Crippen LogP contribution >= 0.6 is 0 Å². The van der Waals surface area contributed by atoms with Crippen molar-refractivity contribution in [3.63, 3.8) is 0 Å². The average Bonchev–Trinajstić information content (AvgIpc) is 3.25. The first-order chi connectivity index (χ1) is 13.8. The van der Waals surface area contributed by atoms with Gasteiger partial charge in [0.2, 0.25) is 0 Å². The number of nitrogens with zero attached hydrogens (tertiary/aromatic N) is 1. The molecule has 4 nitrogen and oxygen atoms in total. The van der Waals surface area contributed by atoms with Crippen molar-refractivity contribution in [2.24, 2.45) is 0 Å². The Morgan fingerprint density at radius 1 is 1.11 bits per heavy atom. The predicted molar refractivity (Wildman–Crippen MR) is 113 cm³/mol. The first kappa shape index (κ1) is 19.5. The van der Waals surface area contributed by atoms with Gasteiger partial charge in [-0.3, -0.25) is 4.21 Å². The highest BCUT2D eigenvalue weighted by atomic mass is 32.2. The first-order valence-corrected chi connectivity index (χ1v) is 11.6. The summed E-state index contributed by atoms with van der Waals surface area (Å²) in [6.07, 6.45) is 4.34. The van der Waals surface area contributed by atoms with E-state index in [4.69, 9.17) is 9.47 Å². The third-order valence-electron chi connectivity index (χ3n) is 5.63. The molecule has 4 rings (SSSR count). The van der Waals surface area contributed by atoms with Crippen LogP contribution in [0.15, 0.2) is 53.4 Å². The maximum absolute atomic E-state index is 13.0. The summed E-state index contributed by atoms with van der Waals surface area (Å²) in [5.41, 5.74) is 1.05. The highest BCUT2D eigenvalue weighted by molar-refractivity contribution is 7.86. The van der Waals surface area contributed by atoms with Crippen LogP contribution in [-0.4, -0.2) is 40.6 Å². The van der Waals surface area contributed by atoms with Gasteiger partial charge in [-0.25, -0.2) is 0 Å². The molecule has 1 unspecified atom stereocenters. The van der Waals surface area contributed by atoms with Gasteiger partial charge in [0.05, 0.1) is 27.6 Å². The highest BCUT2D eigenvalue weighted by Crippen LogP contribution is 2.40. The molecule has 0 aliphatic carbocycles. The number of hydrogen-bond donors (Lipinski definition) is 0. The van der Waals surface area contributed by atoms with E-state index in [9.17, 15) is 4.21 Å². The molecule has 2 aromatic carbocycles. The molecule has 5 heteroatoms. The maximum atomic E-state index is 13.0. The van der Waals surface area contributed by atoms with Crippen molar-refractivity contribution in [3.05, 3.63) is 54.1 Å². The summed E-state index contributed by atoms with van der Waals surface area (Å²) < 4.78 is 25.1. The lowest BCUT2D eigenvalue weighted by molar-refractivity contribution is 0.185. The van der Waals surface area contributed by atoms with E-state index in [0.29, 0.717) is 0 Å². The summed E-state index contributed by atoms with van der Waals surface area (Å²) in [5, 5.41) is -0.0397. The number of hydrogen-bond acceptors (Lipinski definition) is 4. The smallest absolute Gasteiger partial charge is 0.138 e. The molecule has 0 amide bonds. The Kier molecular flexibility index (Phi) is 6.33. The Morgan fingerprint density at radius 2 is 1.86 bits per heavy atom. The summed E-state index contributed by atoms with van der Waals surface area (Å²) in [6, 6.07) is 15.8. The van der Waals surface area contributed by atoms with Crippen molar-refractivity contribution in [3.8, 4) is 11.5 Å². The average molecular weight is 400 g/mol. The monoisotopic (exact) mass is 399 g/mol. The molecule has 1 fully saturated rings. The van der Waals surface area contributed by atoms with Gasteiger partial charge in [0.25, 0.3) is 0 Å². The fourth-order valence-electron chi connectivity index (χ4n) is 4.09. The van der Waals surface area contributed by atoms with E-state index in [0.717, 1.165) is 48.0 Å². The molecule has 0 radical (unpaired) electrons. The lowest BCUT2D eigenvalue weighted by atomic mass is 10.0. The van der Waals surface area contributed by atoms with Gasteiger partial charge in [0, 0.05) is 6.54 Å². The fraction of sp³-hybridized carbons (Fsp3) is 0.478. The number of fused-ring (bicyclic) bond motifs is 1. The van der Waals surface area contributed by atoms with Crippen LogP contribution in [0.2, 0.25) is 0 Å². The van der Waals surface area contributed by atoms with Crippen LogP contribution in [0.3, 0.4) is 0 Å². The second kappa shape index (κ2) is 9.10. The molecule has 2 heterocycles. The quantitative estimate of drug-likeness (QED) is 0.639. The normalized spacial score (nSPS) is 24.5. The standard InChI is InChI=1S/C23H29NO3S/c1-2-21-23(27-20-8-3-4-9-22(20)28(21)25)18-10-12-19(13-11-18)26-17-7-16-24-14-5-6-15-24/h3-4,8-13,21,23H,2,5-7,14-17H2,1H3/t21-,23-,28?/m0/s1. The van der Waals surface area contributed by atoms with Crippen molar-refractivity contribution >= 4 is 10.8 Å². The molecule has 2 aromatic rings. The number of ether oxygens (including phenoxy) is 2. The van der Waals surface area contributed by atoms with Crippen molar-refractivity contribution in [2.75, 3.05) is 26.2 Å². The van der Waals surface area contributed by atoms with Gasteiger partial charge in [-0.2, -0.15) is 0 Å². The molecule has 0 spiro atoms. The molecule has 2 aliphatic rings. The third kappa shape index (κ3) is 4.26. The van der Waals surface area contributed by atoms with Gasteiger partial charge in [0.1, 0.15) is 17.6 Å². The topological polar surface area (TPSA) is 38.8 Å². The molecule has 0 saturated carbocycles. The third-order valence-corrected chi connectivity index (χ3v) is 7.53. The molecule has 0 N–H and O–H groups in total. The Hall–Kier alpha value is -1.85. The summed E-state index contributed by atoms with van der Waals surface area (Å²) in [7, 11) is -1.06. The van der Waals surface area contributed by atoms with E-state index in [1.54, 1.807) is 0 Å². The second-order valence-corrected chi connectivity index (χ2v) is 9.19. The number of para-hydroxylation sites is 1. The van der Waals surface area contributed by atoms with E-state index in [1.807, 2.05) is 48.5 Å². The zero-order valence-electron chi connectivity index (χ0n) is 16.5. The minimum absolute atomic E-state index is 0.0397. The Labute approximate surface area is 170 Å². The highest BCUT2D eigenvalue weighted by Gasteiger charge is 2.35. The van der Waals surface area contributed by atoms with Crippen molar-refractivity contribution in [1.29, 1.82) is 0 Å². The van der Waals surface area contributed by atoms with Gasteiger partial charge in [0.15, 0.2) is 0 Å². The summed E-state index contributed by atoms with van der Waals surface area (Å²) in [6.45, 7) is 6.41. The van der Waals surface area contributed by atoms with E-state index in [-0.39, 0.29) is 11.4 Å². The molecule has 1 saturated heterocycles. The van der Waals surface area contributed by atoms with Crippen molar-refractivity contribution in [1.82, 2.24) is 4.90 Å². The Bertz CT molecular complexity index is 802. The Balaban J connectivity index is 1.38. The summed E-state index contributed by atoms with van der Waals surface area (Å²) >= 11 is 0. The van der Waals surface area contributed by atoms with Gasteiger partial charge in [-0.05, 0) is 68.6 Å². The van der Waals surface area contributed by atoms with E-state index in [2.05, 4.69) is 11.8 Å². The van der Waals surface area contributed by atoms with E-state index in [1.165, 1.54) is 25.9 Å². The number of benzene rings is 2. The summed E-state index contributed by atoms with van der Waals surface area (Å²) in [4.78, 5) is 3.32. The van der Waals surface area contributed by atoms with Crippen LogP contribution < -0.4 is 9.47 Å². The van der Waals surface area contributed by atoms with Crippen molar-refractivity contribution in [2.45, 2.75) is 48.9 Å². The van der Waals surface area contributed by atoms with E-state index < -0.39 is 10.8 Å². The maximum Gasteiger partial charge on any atom is 0.138 e. The minimum atomic E-state index is -1.06. The molecule has 28 heavy (non-hydrogen) atoms. The number of rotatable bonds is 7. The molecular weight excluding hydrogens is 370 g/mol. The molecule has 2 aliphatic heterocycles. The summed E-state index contributed by atoms with van der Waals surface area (Å²) in [5.74, 6) is 1.62. The first-order valence-electron chi connectivity index (χ1n) is 10.4. The molecule has 0 bridgehead atoms. The van der Waals surface area contributed by atoms with Crippen LogP contribution in [0.1, 0.15) is 44.3 Å². The minimum Gasteiger partial charge on any atom is -0.494 e. The lowest BCUT2D eigenvalue weighted by Gasteiger charge is -2.32. The SMILES string of the molecule is CC[C@H]1[C@H](c2ccc(OCCCN3CCCC3)cc2)Oc2ccccc2S1=O. The predicted octanol–water partition coefficient (Wildman–Crippen LogP) is 4.57. The molecule has 0 aromatic heterocycles. The van der Waals surface area contributed by atoms with Gasteiger partial charge < -0.3 is 14.4 Å². The van der Waals surface area contributed by atoms with E-state index >= 15 is 0 Å². The number of likely N-dealkylation sites (tertiary alicyclic amines) is 1. The van der Waals surface area contributed by atoms with Crippen LogP contribution in [-0.2, 0) is 10.8 Å². The largest absolute Gasteiger partial charge is 0.494 e. The van der Waals surface area contributed by atoms with Gasteiger partial charge in [-0.15, -0.1) is 0 Å². The van der Waals surface area contributed by atoms with Gasteiger partial charge in [-0.1, -0.05) is 31.2 Å². The van der Waals surface area contributed by atoms with Crippen LogP contribution in [0.4, 0.5) is 0 Å². The fourth-order valence-corrected chi connectivity index (χ4v) is 5.68. The Morgan fingerprint density at radius 3 is 2.61 bits per heavy atom. The lowest BCUT2D eigenvalue weighted by Crippen LogP contribution is -2.32. The zero-order chi connectivity index (χ0) is 19.3. The van der Waals surface area contributed by atoms with Crippen LogP contribution in [0.25, 0.3) is 0 Å². The zero-order valence-corrected chi connectivity index (χ0v) is 17.3. The van der Waals surface area contributed by atoms with Gasteiger partial charge >= 0.3 is 0 Å². The second-order valence-electron chi connectivity index (χ2n) is 7.55. The van der Waals surface area contributed by atoms with Crippen LogP contribution in [0, 0.1) is 0 Å².